The van der Waals surface area contributed by atoms with Crippen molar-refractivity contribution in [1.82, 2.24) is 0 Å². The van der Waals surface area contributed by atoms with E-state index in [4.69, 9.17) is 4.74 Å². The Kier molecular flexibility index (Phi) is 15.3. The molecule has 0 heterocycles. The van der Waals surface area contributed by atoms with Crippen LogP contribution >= 0.6 is 0 Å². The van der Waals surface area contributed by atoms with Crippen molar-refractivity contribution in [2.45, 2.75) is 105 Å². The van der Waals surface area contributed by atoms with Gasteiger partial charge in [0.25, 0.3) is 0 Å². The summed E-state index contributed by atoms with van der Waals surface area (Å²) < 4.78 is 11.1. The average Bonchev–Trinajstić information content (AvgIpc) is 2.80. The van der Waals surface area contributed by atoms with Gasteiger partial charge in [-0.05, 0) is 0 Å². The predicted molar refractivity (Wildman–Crippen MR) is 140 cm³/mol. The molecule has 1 N–H and O–H groups in total. The third-order valence-corrected chi connectivity index (χ3v) is 22.8. The quantitative estimate of drug-likeness (QED) is 0.161. The van der Waals surface area contributed by atoms with E-state index in [2.05, 4.69) is 58.0 Å². The zero-order valence-electron chi connectivity index (χ0n) is 21.4. The summed E-state index contributed by atoms with van der Waals surface area (Å²) in [5.74, 6) is -0.125. The van der Waals surface area contributed by atoms with Crippen molar-refractivity contribution in [1.29, 1.82) is 0 Å². The van der Waals surface area contributed by atoms with Crippen molar-refractivity contribution in [2.75, 3.05) is 6.61 Å². The van der Waals surface area contributed by atoms with Crippen molar-refractivity contribution >= 4 is 24.3 Å². The first-order valence-corrected chi connectivity index (χ1v) is 20.4. The molecule has 0 aliphatic rings. The zero-order chi connectivity index (χ0) is 23.8. The second kappa shape index (κ2) is 16.7. The van der Waals surface area contributed by atoms with Crippen LogP contribution in [-0.2, 0) is 16.0 Å². The molecular formula is C28H48O3Sn. The van der Waals surface area contributed by atoms with Crippen molar-refractivity contribution < 1.29 is 14.6 Å². The third-order valence-electron chi connectivity index (χ3n) is 6.78. The van der Waals surface area contributed by atoms with Gasteiger partial charge < -0.3 is 0 Å². The maximum absolute atomic E-state index is 11.7. The Morgan fingerprint density at radius 2 is 1.53 bits per heavy atom. The van der Waals surface area contributed by atoms with Crippen molar-refractivity contribution in [3.63, 3.8) is 0 Å². The van der Waals surface area contributed by atoms with Crippen LogP contribution in [0.2, 0.25) is 13.3 Å². The van der Waals surface area contributed by atoms with Crippen LogP contribution in [0.4, 0.5) is 0 Å². The molecule has 0 radical (unpaired) electrons. The number of hydrogen-bond donors (Lipinski definition) is 1. The van der Waals surface area contributed by atoms with E-state index in [0.717, 1.165) is 12.8 Å². The van der Waals surface area contributed by atoms with Crippen LogP contribution < -0.4 is 0 Å². The summed E-state index contributed by atoms with van der Waals surface area (Å²) in [6.45, 7) is 10.9. The van der Waals surface area contributed by atoms with Crippen LogP contribution in [0.1, 0.15) is 85.1 Å². The number of unbranched alkanes of at least 4 members (excludes halogenated alkanes) is 3. The first kappa shape index (κ1) is 29.2. The van der Waals surface area contributed by atoms with E-state index in [1.807, 2.05) is 6.07 Å². The molecule has 1 aromatic carbocycles. The first-order chi connectivity index (χ1) is 15.4. The summed E-state index contributed by atoms with van der Waals surface area (Å²) in [6, 6.07) is 10.4. The number of aryl methyl sites for hydroxylation is 1. The monoisotopic (exact) mass is 552 g/mol. The van der Waals surface area contributed by atoms with Crippen LogP contribution in [0.3, 0.4) is 0 Å². The molecule has 0 fully saturated rings. The molecule has 0 saturated carbocycles. The minimum absolute atomic E-state index is 0.0743. The van der Waals surface area contributed by atoms with Crippen LogP contribution in [0, 0.1) is 5.92 Å². The normalized spacial score (nSPS) is 14.2. The van der Waals surface area contributed by atoms with Crippen LogP contribution in [0.25, 0.3) is 0 Å². The predicted octanol–water partition coefficient (Wildman–Crippen LogP) is 7.49. The fourth-order valence-electron chi connectivity index (χ4n) is 4.61. The number of aliphatic hydroxyl groups excluding tert-OH is 1. The molecule has 0 unspecified atom stereocenters. The van der Waals surface area contributed by atoms with Gasteiger partial charge in [0.15, 0.2) is 0 Å². The molecule has 0 amide bonds. The Bertz CT molecular complexity index is 634. The minimum atomic E-state index is -2.72. The Morgan fingerprint density at radius 3 is 2.00 bits per heavy atom. The molecule has 0 aromatic heterocycles. The molecule has 1 rings (SSSR count). The second-order valence-electron chi connectivity index (χ2n) is 9.51. The van der Waals surface area contributed by atoms with Crippen LogP contribution in [0.5, 0.6) is 0 Å². The third kappa shape index (κ3) is 10.9. The standard InChI is InChI=1S/C16H21O3.3C4H9.Sn/c1-13(7-6-12-19-14(2)17)16(18)11-10-15-8-4-3-5-9-15;3*1-3-4-2;/h3-5,7-9,13,16,18H,10-12H2,1-2H3;3*1,3-4H2,2H3;/t13-,16+;;;;/m1..../s1. The number of hydrogen-bond acceptors (Lipinski definition) is 3. The van der Waals surface area contributed by atoms with Gasteiger partial charge in [0, 0.05) is 0 Å². The van der Waals surface area contributed by atoms with Crippen molar-refractivity contribution in [2.24, 2.45) is 5.92 Å². The fraction of sp³-hybridized carbons (Fsp3) is 0.679. The number of rotatable bonds is 17. The Labute approximate surface area is 201 Å². The Hall–Kier alpha value is -0.811. The molecule has 0 aliphatic heterocycles. The molecule has 4 heteroatoms. The SMILES string of the molecule is CCC[CH2][Sn]([CH2]CCC)([CH2]CCC)/[C](=C/[C@@H](C)[C@@H](O)CCc1ccccc1)COC(C)=O. The van der Waals surface area contributed by atoms with Crippen molar-refractivity contribution in [3.05, 3.63) is 45.6 Å². The van der Waals surface area contributed by atoms with Crippen molar-refractivity contribution in [3.8, 4) is 0 Å². The van der Waals surface area contributed by atoms with Gasteiger partial charge in [0.2, 0.25) is 0 Å². The number of esters is 1. The van der Waals surface area contributed by atoms with E-state index in [1.54, 1.807) is 0 Å². The van der Waals surface area contributed by atoms with Gasteiger partial charge in [-0.3, -0.25) is 0 Å². The van der Waals surface area contributed by atoms with Gasteiger partial charge in [0.1, 0.15) is 0 Å². The number of ether oxygens (including phenoxy) is 1. The Morgan fingerprint density at radius 1 is 1.00 bits per heavy atom. The second-order valence-corrected chi connectivity index (χ2v) is 22.9. The number of benzene rings is 1. The van der Waals surface area contributed by atoms with Gasteiger partial charge in [-0.25, -0.2) is 0 Å². The topological polar surface area (TPSA) is 46.5 Å². The van der Waals surface area contributed by atoms with Crippen LogP contribution in [-0.4, -0.2) is 42.2 Å². The molecule has 0 spiro atoms. The summed E-state index contributed by atoms with van der Waals surface area (Å²) in [5.41, 5.74) is 1.27. The van der Waals surface area contributed by atoms with Gasteiger partial charge in [0.05, 0.1) is 0 Å². The van der Waals surface area contributed by atoms with Gasteiger partial charge >= 0.3 is 202 Å². The molecule has 0 aliphatic carbocycles. The van der Waals surface area contributed by atoms with Gasteiger partial charge in [-0.1, -0.05) is 0 Å². The number of carbonyl (C=O) groups is 1. The maximum atomic E-state index is 11.7. The molecule has 182 valence electrons. The van der Waals surface area contributed by atoms with E-state index in [-0.39, 0.29) is 18.0 Å². The summed E-state index contributed by atoms with van der Waals surface area (Å²) in [5, 5.41) is 11.0. The molecule has 2 atom stereocenters. The first-order valence-electron chi connectivity index (χ1n) is 12.9. The number of carbonyl (C=O) groups excluding carboxylic acids is 1. The summed E-state index contributed by atoms with van der Waals surface area (Å²) in [4.78, 5) is 11.7. The molecule has 32 heavy (non-hydrogen) atoms. The van der Waals surface area contributed by atoms with E-state index in [9.17, 15) is 9.90 Å². The van der Waals surface area contributed by atoms with E-state index in [0.29, 0.717) is 6.61 Å². The number of aliphatic hydroxyl groups is 1. The van der Waals surface area contributed by atoms with E-state index >= 15 is 0 Å². The van der Waals surface area contributed by atoms with E-state index < -0.39 is 18.4 Å². The molecule has 3 nitrogen and oxygen atoms in total. The molecule has 1 aromatic rings. The summed E-state index contributed by atoms with van der Waals surface area (Å²) in [7, 11) is 0. The van der Waals surface area contributed by atoms with Gasteiger partial charge in [-0.15, -0.1) is 0 Å². The molecular weight excluding hydrogens is 503 g/mol. The van der Waals surface area contributed by atoms with Crippen LogP contribution in [0.15, 0.2) is 40.0 Å². The molecule has 0 bridgehead atoms. The molecule has 0 saturated heterocycles. The van der Waals surface area contributed by atoms with Gasteiger partial charge in [-0.2, -0.15) is 0 Å². The fourth-order valence-corrected chi connectivity index (χ4v) is 21.2. The average molecular weight is 551 g/mol. The zero-order valence-corrected chi connectivity index (χ0v) is 24.2. The Balaban J connectivity index is 3.15. The summed E-state index contributed by atoms with van der Waals surface area (Å²) in [6.07, 6.45) is 11.1. The van der Waals surface area contributed by atoms with E-state index in [1.165, 1.54) is 67.9 Å². The summed E-state index contributed by atoms with van der Waals surface area (Å²) >= 11 is -2.72.